The number of aromatic nitrogens is 1. The van der Waals surface area contributed by atoms with Gasteiger partial charge in [-0.25, -0.2) is 4.98 Å². The lowest BCUT2D eigenvalue weighted by Gasteiger charge is -1.95. The summed E-state index contributed by atoms with van der Waals surface area (Å²) in [6.45, 7) is 1.95. The molecule has 2 rings (SSSR count). The first-order valence-electron chi connectivity index (χ1n) is 5.09. The van der Waals surface area contributed by atoms with Gasteiger partial charge in [0.25, 0.3) is 0 Å². The van der Waals surface area contributed by atoms with Crippen molar-refractivity contribution in [3.8, 4) is 11.5 Å². The molecule has 0 atom stereocenters. The van der Waals surface area contributed by atoms with Crippen molar-refractivity contribution in [3.63, 3.8) is 0 Å². The third-order valence-corrected chi connectivity index (χ3v) is 2.92. The van der Waals surface area contributed by atoms with Gasteiger partial charge in [0.05, 0.1) is 5.69 Å². The number of alkyl halides is 1. The first kappa shape index (κ1) is 11.7. The minimum absolute atomic E-state index is 0.678. The van der Waals surface area contributed by atoms with Gasteiger partial charge in [-0.3, -0.25) is 0 Å². The molecule has 2 nitrogen and oxygen atoms in total. The second-order valence-corrected chi connectivity index (χ2v) is 4.66. The summed E-state index contributed by atoms with van der Waals surface area (Å²) >= 11 is 2.34. The van der Waals surface area contributed by atoms with E-state index in [0.717, 1.165) is 33.3 Å². The van der Waals surface area contributed by atoms with Gasteiger partial charge >= 0.3 is 0 Å². The number of aryl methyl sites for hydroxylation is 2. The van der Waals surface area contributed by atoms with Crippen molar-refractivity contribution in [2.24, 2.45) is 0 Å². The summed E-state index contributed by atoms with van der Waals surface area (Å²) < 4.78 is 6.69. The van der Waals surface area contributed by atoms with Crippen LogP contribution in [0.25, 0.3) is 11.5 Å². The molecule has 4 heteroatoms. The highest BCUT2D eigenvalue weighted by atomic mass is 127. The Morgan fingerprint density at radius 3 is 2.62 bits per heavy atom. The molecule has 0 amide bonds. The average Bonchev–Trinajstić information content (AvgIpc) is 2.62. The maximum atomic E-state index is 5.64. The van der Waals surface area contributed by atoms with Gasteiger partial charge in [0.1, 0.15) is 13.6 Å². The Hall–Kier alpha value is -0.775. The number of hydrogen-bond donors (Lipinski definition) is 0. The van der Waals surface area contributed by atoms with E-state index in [1.165, 1.54) is 0 Å². The normalized spacial score (nSPS) is 10.6. The Morgan fingerprint density at radius 1 is 1.31 bits per heavy atom. The zero-order valence-electron chi connectivity index (χ0n) is 9.03. The highest BCUT2D eigenvalue weighted by molar-refractivity contribution is 14.1. The zero-order valence-corrected chi connectivity index (χ0v) is 11.2. The van der Waals surface area contributed by atoms with Crippen molar-refractivity contribution >= 4 is 35.9 Å². The quantitative estimate of drug-likeness (QED) is 0.493. The highest BCUT2D eigenvalue weighted by Crippen LogP contribution is 2.21. The van der Waals surface area contributed by atoms with Gasteiger partial charge in [-0.1, -0.05) is 52.3 Å². The molecule has 0 fully saturated rings. The number of hydrogen-bond acceptors (Lipinski definition) is 2. The van der Waals surface area contributed by atoms with E-state index in [1.807, 2.05) is 31.2 Å². The molecule has 0 spiro atoms. The Bertz CT molecular complexity index is 478. The van der Waals surface area contributed by atoms with Crippen LogP contribution in [-0.4, -0.2) is 17.3 Å². The van der Waals surface area contributed by atoms with E-state index >= 15 is 0 Å². The van der Waals surface area contributed by atoms with Crippen LogP contribution in [0.15, 0.2) is 28.7 Å². The molecule has 1 heterocycles. The monoisotopic (exact) mass is 323 g/mol. The van der Waals surface area contributed by atoms with Crippen LogP contribution in [-0.2, 0) is 6.42 Å². The lowest BCUT2D eigenvalue weighted by molar-refractivity contribution is 0.540. The molecule has 0 saturated carbocycles. The van der Waals surface area contributed by atoms with Crippen LogP contribution >= 0.6 is 22.6 Å². The van der Waals surface area contributed by atoms with Crippen molar-refractivity contribution in [1.29, 1.82) is 0 Å². The lowest BCUT2D eigenvalue weighted by atomic mass is 9.95. The molecule has 80 valence electrons. The minimum atomic E-state index is 0.678. The van der Waals surface area contributed by atoms with E-state index in [4.69, 9.17) is 12.3 Å². The second kappa shape index (κ2) is 5.04. The van der Waals surface area contributed by atoms with Gasteiger partial charge in [0, 0.05) is 16.4 Å². The Labute approximate surface area is 110 Å². The van der Waals surface area contributed by atoms with Crippen molar-refractivity contribution in [1.82, 2.24) is 4.98 Å². The SMILES string of the molecule is [B]c1ccc(-c2nc(CCI)c(C)o2)cc1. The predicted octanol–water partition coefficient (Wildman–Crippen LogP) is 2.42. The number of halogens is 1. The molecule has 0 unspecified atom stereocenters. The molecule has 1 aromatic carbocycles. The van der Waals surface area contributed by atoms with Crippen LogP contribution in [0.1, 0.15) is 11.5 Å². The summed E-state index contributed by atoms with van der Waals surface area (Å²) in [5.74, 6) is 1.58. The summed E-state index contributed by atoms with van der Waals surface area (Å²) in [5.41, 5.74) is 2.76. The molecule has 0 bridgehead atoms. The fourth-order valence-corrected chi connectivity index (χ4v) is 2.01. The van der Waals surface area contributed by atoms with Gasteiger partial charge in [-0.05, 0) is 6.92 Å². The van der Waals surface area contributed by atoms with Crippen LogP contribution < -0.4 is 5.46 Å². The molecule has 16 heavy (non-hydrogen) atoms. The molecular formula is C12H11BINO. The number of rotatable bonds is 3. The highest BCUT2D eigenvalue weighted by Gasteiger charge is 2.10. The van der Waals surface area contributed by atoms with Gasteiger partial charge in [0.2, 0.25) is 5.89 Å². The molecule has 0 N–H and O–H groups in total. The van der Waals surface area contributed by atoms with Crippen LogP contribution in [0.5, 0.6) is 0 Å². The fourth-order valence-electron chi connectivity index (χ4n) is 1.50. The van der Waals surface area contributed by atoms with E-state index in [0.29, 0.717) is 5.89 Å². The largest absolute Gasteiger partial charge is 0.441 e. The summed E-state index contributed by atoms with van der Waals surface area (Å²) in [4.78, 5) is 4.49. The van der Waals surface area contributed by atoms with E-state index in [2.05, 4.69) is 27.6 Å². The molecule has 0 aliphatic carbocycles. The topological polar surface area (TPSA) is 26.0 Å². The molecular weight excluding hydrogens is 312 g/mol. The fraction of sp³-hybridized carbons (Fsp3) is 0.250. The van der Waals surface area contributed by atoms with Crippen LogP contribution in [0.2, 0.25) is 0 Å². The minimum Gasteiger partial charge on any atom is -0.441 e. The number of oxazole rings is 1. The smallest absolute Gasteiger partial charge is 0.226 e. The molecule has 2 radical (unpaired) electrons. The first-order valence-corrected chi connectivity index (χ1v) is 6.61. The van der Waals surface area contributed by atoms with Crippen LogP contribution in [0.4, 0.5) is 0 Å². The van der Waals surface area contributed by atoms with E-state index in [1.54, 1.807) is 0 Å². The van der Waals surface area contributed by atoms with Gasteiger partial charge in [-0.2, -0.15) is 0 Å². The summed E-state index contributed by atoms with van der Waals surface area (Å²) in [7, 11) is 5.64. The van der Waals surface area contributed by atoms with Gasteiger partial charge in [-0.15, -0.1) is 0 Å². The Morgan fingerprint density at radius 2 is 2.00 bits per heavy atom. The maximum absolute atomic E-state index is 5.64. The third kappa shape index (κ3) is 2.48. The van der Waals surface area contributed by atoms with Crippen molar-refractivity contribution in [2.45, 2.75) is 13.3 Å². The predicted molar refractivity (Wildman–Crippen MR) is 74.7 cm³/mol. The second-order valence-electron chi connectivity index (χ2n) is 3.58. The van der Waals surface area contributed by atoms with E-state index < -0.39 is 0 Å². The Kier molecular flexibility index (Phi) is 3.68. The summed E-state index contributed by atoms with van der Waals surface area (Å²) in [6.07, 6.45) is 0.949. The lowest BCUT2D eigenvalue weighted by Crippen LogP contribution is -1.99. The molecule has 0 saturated heterocycles. The average molecular weight is 323 g/mol. The first-order chi connectivity index (χ1) is 7.70. The summed E-state index contributed by atoms with van der Waals surface area (Å²) in [6, 6.07) is 7.56. The van der Waals surface area contributed by atoms with Crippen molar-refractivity contribution < 1.29 is 4.42 Å². The number of nitrogens with zero attached hydrogens (tertiary/aromatic N) is 1. The van der Waals surface area contributed by atoms with E-state index in [9.17, 15) is 0 Å². The number of benzene rings is 1. The molecule has 0 aliphatic rings. The maximum Gasteiger partial charge on any atom is 0.226 e. The van der Waals surface area contributed by atoms with Gasteiger partial charge < -0.3 is 4.42 Å². The molecule has 1 aromatic heterocycles. The Balaban J connectivity index is 2.33. The van der Waals surface area contributed by atoms with Crippen molar-refractivity contribution in [3.05, 3.63) is 35.7 Å². The standard InChI is InChI=1S/C12H11BINO/c1-8-11(6-7-14)15-12(16-8)9-2-4-10(13)5-3-9/h2-5H,6-7H2,1H3. The molecule has 0 aliphatic heterocycles. The molecule has 2 aromatic rings. The van der Waals surface area contributed by atoms with Crippen molar-refractivity contribution in [2.75, 3.05) is 4.43 Å². The van der Waals surface area contributed by atoms with Gasteiger partial charge in [0.15, 0.2) is 0 Å². The van der Waals surface area contributed by atoms with E-state index in [-0.39, 0.29) is 0 Å². The van der Waals surface area contributed by atoms with Crippen LogP contribution in [0, 0.1) is 6.92 Å². The third-order valence-electron chi connectivity index (χ3n) is 2.38. The van der Waals surface area contributed by atoms with Crippen LogP contribution in [0.3, 0.4) is 0 Å². The zero-order chi connectivity index (χ0) is 11.5. The summed E-state index contributed by atoms with van der Waals surface area (Å²) in [5, 5.41) is 0.